The lowest BCUT2D eigenvalue weighted by Gasteiger charge is -2.40. The van der Waals surface area contributed by atoms with E-state index in [1.165, 1.54) is 250 Å². The smallest absolute Gasteiger partial charge is 0.305 e. The second-order valence-electron chi connectivity index (χ2n) is 23.9. The fourth-order valence-corrected chi connectivity index (χ4v) is 10.9. The number of unbranched alkanes of at least 4 members (excludes halogenated alkanes) is 44. The minimum Gasteiger partial charge on any atom is -0.466 e. The highest BCUT2D eigenvalue weighted by molar-refractivity contribution is 5.76. The molecule has 1 heterocycles. The highest BCUT2D eigenvalue weighted by Gasteiger charge is 2.44. The third-order valence-electron chi connectivity index (χ3n) is 16.3. The van der Waals surface area contributed by atoms with Gasteiger partial charge in [0.15, 0.2) is 6.29 Å². The SMILES string of the molecule is CCCCC/C=C\CCCCCCCC(=O)OCCCCCCCCCCCCCCCCCCCCCCCCCCCCCCCCC(=O)NC(COC1OC(CO)C(O)C(O)C1O)C(O)/C=C/CCCCCCCCC. The van der Waals surface area contributed by atoms with Gasteiger partial charge in [-0.1, -0.05) is 289 Å². The van der Waals surface area contributed by atoms with Crippen LogP contribution in [0, 0.1) is 0 Å². The minimum absolute atomic E-state index is 0.00191. The number of hydrogen-bond acceptors (Lipinski definition) is 10. The maximum absolute atomic E-state index is 13.0. The van der Waals surface area contributed by atoms with Gasteiger partial charge < -0.3 is 45.1 Å². The zero-order valence-electron chi connectivity index (χ0n) is 51.6. The summed E-state index contributed by atoms with van der Waals surface area (Å²) in [5.74, 6) is -0.177. The van der Waals surface area contributed by atoms with Crippen LogP contribution in [0.2, 0.25) is 0 Å². The molecule has 79 heavy (non-hydrogen) atoms. The van der Waals surface area contributed by atoms with Crippen molar-refractivity contribution in [1.82, 2.24) is 5.32 Å². The van der Waals surface area contributed by atoms with Crippen LogP contribution in [0.4, 0.5) is 0 Å². The van der Waals surface area contributed by atoms with Crippen LogP contribution in [0.1, 0.15) is 335 Å². The van der Waals surface area contributed by atoms with Gasteiger partial charge in [0.05, 0.1) is 32.0 Å². The maximum Gasteiger partial charge on any atom is 0.305 e. The Kier molecular flexibility index (Phi) is 55.1. The zero-order valence-corrected chi connectivity index (χ0v) is 51.6. The highest BCUT2D eigenvalue weighted by atomic mass is 16.7. The van der Waals surface area contributed by atoms with E-state index in [0.29, 0.717) is 19.4 Å². The fraction of sp³-hybridized carbons (Fsp3) is 0.912. The number of hydrogen-bond donors (Lipinski definition) is 6. The topological polar surface area (TPSA) is 175 Å². The molecule has 11 nitrogen and oxygen atoms in total. The normalized spacial score (nSPS) is 18.5. The standard InChI is InChI=1S/C68H129NO10/c1-3-5-7-9-11-13-14-36-40-44-48-52-56-64(73)77-57-53-49-45-41-37-34-32-30-28-26-24-22-20-18-16-15-17-19-21-23-25-27-29-31-33-35-39-43-47-51-55-63(72)69-60(61(71)54-50-46-42-38-12-10-8-6-4-2)59-78-68-67(76)66(75)65(74)62(58-70)79-68/h11,13,50,54,60-62,65-68,70-71,74-76H,3-10,12,14-49,51-53,55-59H2,1-2H3,(H,69,72)/b13-11-,54-50+. The van der Waals surface area contributed by atoms with E-state index in [1.807, 2.05) is 6.08 Å². The van der Waals surface area contributed by atoms with E-state index in [0.717, 1.165) is 57.8 Å². The molecule has 6 N–H and O–H groups in total. The van der Waals surface area contributed by atoms with Crippen molar-refractivity contribution in [2.45, 2.75) is 378 Å². The molecule has 0 aromatic carbocycles. The second kappa shape index (κ2) is 57.9. The number of rotatable bonds is 60. The Morgan fingerprint density at radius 1 is 0.456 bits per heavy atom. The Bertz CT molecular complexity index is 1360. The maximum atomic E-state index is 13.0. The van der Waals surface area contributed by atoms with Crippen LogP contribution < -0.4 is 5.32 Å². The number of aliphatic hydroxyl groups is 5. The zero-order chi connectivity index (χ0) is 57.3. The molecule has 0 aromatic rings. The molecule has 0 spiro atoms. The van der Waals surface area contributed by atoms with Gasteiger partial charge >= 0.3 is 5.97 Å². The predicted octanol–water partition coefficient (Wildman–Crippen LogP) is 16.8. The Morgan fingerprint density at radius 3 is 1.24 bits per heavy atom. The van der Waals surface area contributed by atoms with Crippen LogP contribution in [0.15, 0.2) is 24.3 Å². The summed E-state index contributed by atoms with van der Waals surface area (Å²) in [4.78, 5) is 25.0. The van der Waals surface area contributed by atoms with Crippen LogP contribution in [-0.4, -0.2) is 100 Å². The molecule has 1 saturated heterocycles. The monoisotopic (exact) mass is 1120 g/mol. The molecule has 1 rings (SSSR count). The number of amides is 1. The van der Waals surface area contributed by atoms with Gasteiger partial charge in [0.25, 0.3) is 0 Å². The van der Waals surface area contributed by atoms with E-state index in [1.54, 1.807) is 6.08 Å². The largest absolute Gasteiger partial charge is 0.466 e. The molecule has 7 unspecified atom stereocenters. The quantitative estimate of drug-likeness (QED) is 0.0195. The van der Waals surface area contributed by atoms with Crippen LogP contribution >= 0.6 is 0 Å². The van der Waals surface area contributed by atoms with Crippen LogP contribution in [-0.2, 0) is 23.8 Å². The van der Waals surface area contributed by atoms with Crippen molar-refractivity contribution in [3.63, 3.8) is 0 Å². The lowest BCUT2D eigenvalue weighted by atomic mass is 9.99. The van der Waals surface area contributed by atoms with Gasteiger partial charge in [0.2, 0.25) is 5.91 Å². The first-order chi connectivity index (χ1) is 38.7. The van der Waals surface area contributed by atoms with Crippen molar-refractivity contribution in [3.05, 3.63) is 24.3 Å². The molecule has 1 aliphatic heterocycles. The van der Waals surface area contributed by atoms with Gasteiger partial charge in [-0.2, -0.15) is 0 Å². The van der Waals surface area contributed by atoms with E-state index in [4.69, 9.17) is 14.2 Å². The van der Waals surface area contributed by atoms with Gasteiger partial charge in [0, 0.05) is 12.8 Å². The molecule has 0 bridgehead atoms. The minimum atomic E-state index is -1.57. The van der Waals surface area contributed by atoms with Crippen LogP contribution in [0.25, 0.3) is 0 Å². The third-order valence-corrected chi connectivity index (χ3v) is 16.3. The molecule has 0 aliphatic carbocycles. The first kappa shape index (κ1) is 75.2. The summed E-state index contributed by atoms with van der Waals surface area (Å²) in [5.41, 5.74) is 0. The molecule has 1 fully saturated rings. The molecule has 11 heteroatoms. The van der Waals surface area contributed by atoms with Crippen molar-refractivity contribution in [3.8, 4) is 0 Å². The van der Waals surface area contributed by atoms with Crippen LogP contribution in [0.5, 0.6) is 0 Å². The van der Waals surface area contributed by atoms with E-state index in [-0.39, 0.29) is 18.5 Å². The second-order valence-corrected chi connectivity index (χ2v) is 23.9. The molecular formula is C68H129NO10. The molecule has 1 amide bonds. The lowest BCUT2D eigenvalue weighted by Crippen LogP contribution is -2.60. The van der Waals surface area contributed by atoms with Crippen LogP contribution in [0.3, 0.4) is 0 Å². The Labute approximate surface area is 486 Å². The summed E-state index contributed by atoms with van der Waals surface area (Å²) in [7, 11) is 0. The van der Waals surface area contributed by atoms with Crippen molar-refractivity contribution in [2.24, 2.45) is 0 Å². The highest BCUT2D eigenvalue weighted by Crippen LogP contribution is 2.23. The van der Waals surface area contributed by atoms with Gasteiger partial charge in [-0.25, -0.2) is 0 Å². The summed E-state index contributed by atoms with van der Waals surface area (Å²) in [6.07, 6.45) is 61.8. The number of carbonyl (C=O) groups is 2. The number of ether oxygens (including phenoxy) is 3. The average molecular weight is 1120 g/mol. The molecule has 1 aliphatic rings. The van der Waals surface area contributed by atoms with Crippen molar-refractivity contribution in [2.75, 3.05) is 19.8 Å². The van der Waals surface area contributed by atoms with Gasteiger partial charge in [-0.05, 0) is 57.8 Å². The molecule has 0 radical (unpaired) electrons. The molecule has 0 saturated carbocycles. The predicted molar refractivity (Wildman–Crippen MR) is 329 cm³/mol. The van der Waals surface area contributed by atoms with E-state index in [2.05, 4.69) is 31.3 Å². The molecule has 7 atom stereocenters. The first-order valence-electron chi connectivity index (χ1n) is 34.1. The Morgan fingerprint density at radius 2 is 0.810 bits per heavy atom. The molecule has 0 aromatic heterocycles. The van der Waals surface area contributed by atoms with Crippen molar-refractivity contribution < 1.29 is 49.3 Å². The van der Waals surface area contributed by atoms with Crippen molar-refractivity contribution >= 4 is 11.9 Å². The van der Waals surface area contributed by atoms with Gasteiger partial charge in [-0.15, -0.1) is 0 Å². The first-order valence-corrected chi connectivity index (χ1v) is 34.1. The summed E-state index contributed by atoms with van der Waals surface area (Å²) in [6, 6.07) is -0.805. The van der Waals surface area contributed by atoms with E-state index >= 15 is 0 Å². The number of nitrogens with one attached hydrogen (secondary N) is 1. The Balaban J connectivity index is 1.91. The Hall–Kier alpha value is -1.86. The van der Waals surface area contributed by atoms with E-state index in [9.17, 15) is 35.1 Å². The summed E-state index contributed by atoms with van der Waals surface area (Å²) < 4.78 is 16.7. The summed E-state index contributed by atoms with van der Waals surface area (Å²) >= 11 is 0. The summed E-state index contributed by atoms with van der Waals surface area (Å²) in [6.45, 7) is 4.32. The number of carbonyl (C=O) groups excluding carboxylic acids is 2. The van der Waals surface area contributed by atoms with Gasteiger partial charge in [0.1, 0.15) is 24.4 Å². The molecule has 466 valence electrons. The van der Waals surface area contributed by atoms with Crippen molar-refractivity contribution in [1.29, 1.82) is 0 Å². The van der Waals surface area contributed by atoms with E-state index < -0.39 is 49.5 Å². The summed E-state index contributed by atoms with van der Waals surface area (Å²) in [5, 5.41) is 54.3. The third kappa shape index (κ3) is 47.2. The molecular weight excluding hydrogens is 991 g/mol. The average Bonchev–Trinajstić information content (AvgIpc) is 3.48. The number of aliphatic hydroxyl groups excluding tert-OH is 5. The lowest BCUT2D eigenvalue weighted by molar-refractivity contribution is -0.302. The van der Waals surface area contributed by atoms with Gasteiger partial charge in [-0.3, -0.25) is 9.59 Å². The fourth-order valence-electron chi connectivity index (χ4n) is 10.9. The number of allylic oxidation sites excluding steroid dienone is 3. The number of esters is 1.